The molecule has 7 N–H and O–H groups in total. The standard InChI is InChI=1S/C29H39N5O7S/c1-7-8-9-31-28(42)34(6)17-12-16(32(2)3)14-10-13-11-15-21(33(4)5)24(37)20(27(30)40)26(39)29(15,41)25(38)18(13)23(36)19(14)22(17)35/h12-13,15,21,35-36,39,41H,7-11H2,1-6H3,(H2,30,40)(H,31,42)/t13?,15?,21-,29-/m0/s1. The fraction of sp³-hybridized carbons (Fsp3) is 0.517. The average Bonchev–Trinajstić information content (AvgIpc) is 2.90. The summed E-state index contributed by atoms with van der Waals surface area (Å²) < 4.78 is 0. The molecule has 1 amide bonds. The SMILES string of the molecule is CCCCNC(=S)N(C)c1cc(N(C)C)c2c(c1O)C(O)=C1C(=O)[C@]3(O)C(O)=C(C(N)=O)C(=O)[C@@H](N(C)C)C3CC1C2. The van der Waals surface area contributed by atoms with Crippen molar-refractivity contribution < 1.29 is 34.8 Å². The molecule has 4 atom stereocenters. The Kier molecular flexibility index (Phi) is 8.33. The van der Waals surface area contributed by atoms with Gasteiger partial charge in [0, 0.05) is 44.9 Å². The van der Waals surface area contributed by atoms with Gasteiger partial charge in [0.25, 0.3) is 5.91 Å². The van der Waals surface area contributed by atoms with Gasteiger partial charge in [0.1, 0.15) is 17.1 Å². The van der Waals surface area contributed by atoms with E-state index < -0.39 is 58.0 Å². The number of fused-ring (bicyclic) bond motifs is 3. The summed E-state index contributed by atoms with van der Waals surface area (Å²) in [4.78, 5) is 44.4. The number of aliphatic hydroxyl groups excluding tert-OH is 2. The smallest absolute Gasteiger partial charge is 0.255 e. The van der Waals surface area contributed by atoms with Crippen molar-refractivity contribution in [2.24, 2.45) is 17.6 Å². The number of nitrogens with one attached hydrogen (secondary N) is 1. The van der Waals surface area contributed by atoms with E-state index >= 15 is 0 Å². The molecule has 0 radical (unpaired) electrons. The number of carbonyl (C=O) groups excluding carboxylic acids is 3. The number of ketones is 2. The zero-order valence-corrected chi connectivity index (χ0v) is 25.5. The first-order chi connectivity index (χ1) is 19.6. The van der Waals surface area contributed by atoms with Gasteiger partial charge in [-0.05, 0) is 63.1 Å². The fourth-order valence-electron chi connectivity index (χ4n) is 6.53. The Labute approximate surface area is 250 Å². The second-order valence-electron chi connectivity index (χ2n) is 11.6. The van der Waals surface area contributed by atoms with Gasteiger partial charge in [0.2, 0.25) is 5.78 Å². The molecule has 12 nitrogen and oxygen atoms in total. The van der Waals surface area contributed by atoms with Gasteiger partial charge >= 0.3 is 0 Å². The lowest BCUT2D eigenvalue weighted by molar-refractivity contribution is -0.153. The number of nitrogens with two attached hydrogens (primary N) is 1. The van der Waals surface area contributed by atoms with Crippen LogP contribution in [0.15, 0.2) is 23.0 Å². The molecule has 13 heteroatoms. The summed E-state index contributed by atoms with van der Waals surface area (Å²) in [6.07, 6.45) is 2.07. The molecule has 0 spiro atoms. The van der Waals surface area contributed by atoms with E-state index in [1.807, 2.05) is 19.0 Å². The topological polar surface area (TPSA) is 180 Å². The highest BCUT2D eigenvalue weighted by molar-refractivity contribution is 7.80. The number of phenols is 1. The maximum atomic E-state index is 14.1. The minimum Gasteiger partial charge on any atom is -0.508 e. The second kappa shape index (κ2) is 11.2. The summed E-state index contributed by atoms with van der Waals surface area (Å²) in [7, 11) is 8.42. The lowest BCUT2D eigenvalue weighted by Crippen LogP contribution is -2.65. The first-order valence-corrected chi connectivity index (χ1v) is 14.2. The number of anilines is 2. The van der Waals surface area contributed by atoms with Crippen LogP contribution in [0.5, 0.6) is 5.75 Å². The van der Waals surface area contributed by atoms with Crippen molar-refractivity contribution in [3.63, 3.8) is 0 Å². The third-order valence-electron chi connectivity index (χ3n) is 8.63. The molecule has 0 aromatic heterocycles. The monoisotopic (exact) mass is 601 g/mol. The molecule has 1 aromatic carbocycles. The molecular formula is C29H39N5O7S. The molecule has 228 valence electrons. The third kappa shape index (κ3) is 4.59. The van der Waals surface area contributed by atoms with Gasteiger partial charge in [0.15, 0.2) is 22.2 Å². The highest BCUT2D eigenvalue weighted by Crippen LogP contribution is 2.54. The van der Waals surface area contributed by atoms with Gasteiger partial charge in [-0.1, -0.05) is 13.3 Å². The number of nitrogens with zero attached hydrogens (tertiary/aromatic N) is 3. The lowest BCUT2D eigenvalue weighted by Gasteiger charge is -2.50. The Hall–Kier alpha value is -3.68. The molecule has 3 aliphatic carbocycles. The summed E-state index contributed by atoms with van der Waals surface area (Å²) in [5.74, 6) is -6.89. The fourth-order valence-corrected chi connectivity index (χ4v) is 6.73. The largest absolute Gasteiger partial charge is 0.508 e. The van der Waals surface area contributed by atoms with E-state index in [1.54, 1.807) is 32.1 Å². The van der Waals surface area contributed by atoms with Crippen LogP contribution in [0.25, 0.3) is 5.76 Å². The number of thiocarbonyl (C=S) groups is 1. The molecule has 3 aliphatic rings. The zero-order valence-electron chi connectivity index (χ0n) is 24.7. The number of primary amides is 1. The predicted molar refractivity (Wildman–Crippen MR) is 162 cm³/mol. The Morgan fingerprint density at radius 3 is 2.33 bits per heavy atom. The van der Waals surface area contributed by atoms with Crippen LogP contribution in [0.2, 0.25) is 0 Å². The van der Waals surface area contributed by atoms with Crippen molar-refractivity contribution >= 4 is 51.9 Å². The summed E-state index contributed by atoms with van der Waals surface area (Å²) in [5, 5.41) is 49.5. The molecule has 0 heterocycles. The number of carbonyl (C=O) groups is 3. The number of hydrogen-bond acceptors (Lipinski definition) is 10. The number of aromatic hydroxyl groups is 1. The number of benzene rings is 1. The van der Waals surface area contributed by atoms with Crippen LogP contribution in [0.4, 0.5) is 11.4 Å². The normalized spacial score (nSPS) is 25.2. The zero-order chi connectivity index (χ0) is 31.4. The van der Waals surface area contributed by atoms with Crippen LogP contribution in [-0.4, -0.2) is 101 Å². The minimum atomic E-state index is -2.69. The molecule has 2 unspecified atom stereocenters. The highest BCUT2D eigenvalue weighted by atomic mass is 32.1. The number of unbranched alkanes of at least 4 members (excludes halogenated alkanes) is 1. The molecular weight excluding hydrogens is 562 g/mol. The number of Topliss-reactive ketones (excluding diaryl/α,β-unsaturated/α-hetero) is 2. The van der Waals surface area contributed by atoms with Gasteiger partial charge in [0.05, 0.1) is 17.3 Å². The van der Waals surface area contributed by atoms with Crippen LogP contribution < -0.4 is 20.9 Å². The van der Waals surface area contributed by atoms with E-state index in [-0.39, 0.29) is 35.4 Å². The second-order valence-corrected chi connectivity index (χ2v) is 12.0. The number of phenolic OH excluding ortho intramolecular Hbond substituents is 1. The van der Waals surface area contributed by atoms with Crippen LogP contribution >= 0.6 is 12.2 Å². The van der Waals surface area contributed by atoms with Gasteiger partial charge in [-0.25, -0.2) is 0 Å². The van der Waals surface area contributed by atoms with E-state index in [9.17, 15) is 34.8 Å². The van der Waals surface area contributed by atoms with E-state index in [0.717, 1.165) is 12.8 Å². The van der Waals surface area contributed by atoms with E-state index in [4.69, 9.17) is 18.0 Å². The highest BCUT2D eigenvalue weighted by Gasteiger charge is 2.64. The van der Waals surface area contributed by atoms with Crippen LogP contribution in [0.1, 0.15) is 37.3 Å². The molecule has 1 aromatic rings. The van der Waals surface area contributed by atoms with E-state index in [2.05, 4.69) is 12.2 Å². The molecule has 1 fully saturated rings. The summed E-state index contributed by atoms with van der Waals surface area (Å²) in [6.45, 7) is 2.69. The molecule has 1 saturated carbocycles. The van der Waals surface area contributed by atoms with Crippen molar-refractivity contribution in [3.05, 3.63) is 34.1 Å². The Bertz CT molecular complexity index is 1440. The Balaban J connectivity index is 1.93. The van der Waals surface area contributed by atoms with Crippen LogP contribution in [-0.2, 0) is 20.8 Å². The van der Waals surface area contributed by atoms with Crippen molar-refractivity contribution in [3.8, 4) is 5.75 Å². The van der Waals surface area contributed by atoms with E-state index in [0.29, 0.717) is 22.9 Å². The minimum absolute atomic E-state index is 0.00991. The van der Waals surface area contributed by atoms with Crippen molar-refractivity contribution in [2.75, 3.05) is 51.6 Å². The van der Waals surface area contributed by atoms with Gasteiger partial charge < -0.3 is 41.3 Å². The lowest BCUT2D eigenvalue weighted by atomic mass is 9.57. The summed E-state index contributed by atoms with van der Waals surface area (Å²) >= 11 is 5.53. The predicted octanol–water partition coefficient (Wildman–Crippen LogP) is 1.14. The van der Waals surface area contributed by atoms with Gasteiger partial charge in [-0.15, -0.1) is 0 Å². The summed E-state index contributed by atoms with van der Waals surface area (Å²) in [5.41, 5.74) is 3.19. The Morgan fingerprint density at radius 1 is 1.14 bits per heavy atom. The quantitative estimate of drug-likeness (QED) is 0.149. The molecule has 4 rings (SSSR count). The number of likely N-dealkylation sites (N-methyl/N-ethyl adjacent to an activating group) is 1. The van der Waals surface area contributed by atoms with Crippen LogP contribution in [0.3, 0.4) is 0 Å². The first-order valence-electron chi connectivity index (χ1n) is 13.8. The van der Waals surface area contributed by atoms with Crippen molar-refractivity contribution in [1.29, 1.82) is 0 Å². The number of amides is 1. The van der Waals surface area contributed by atoms with Crippen molar-refractivity contribution in [1.82, 2.24) is 10.2 Å². The van der Waals surface area contributed by atoms with E-state index in [1.165, 1.54) is 4.90 Å². The molecule has 42 heavy (non-hydrogen) atoms. The maximum Gasteiger partial charge on any atom is 0.255 e. The molecule has 0 bridgehead atoms. The average molecular weight is 602 g/mol. The molecule has 0 aliphatic heterocycles. The van der Waals surface area contributed by atoms with Gasteiger partial charge in [-0.2, -0.15) is 0 Å². The van der Waals surface area contributed by atoms with Crippen molar-refractivity contribution in [2.45, 2.75) is 44.2 Å². The molecule has 0 saturated heterocycles. The first kappa shape index (κ1) is 31.3. The number of rotatable bonds is 7. The Morgan fingerprint density at radius 2 is 1.79 bits per heavy atom. The number of hydrogen-bond donors (Lipinski definition) is 6. The maximum absolute atomic E-state index is 14.1. The number of aliphatic hydroxyl groups is 3. The summed E-state index contributed by atoms with van der Waals surface area (Å²) in [6, 6.07) is 0.614. The van der Waals surface area contributed by atoms with Gasteiger partial charge in [-0.3, -0.25) is 19.3 Å². The van der Waals surface area contributed by atoms with Crippen LogP contribution in [0, 0.1) is 11.8 Å². The third-order valence-corrected chi connectivity index (χ3v) is 9.05.